The number of rotatable bonds is 36. The van der Waals surface area contributed by atoms with Crippen LogP contribution < -0.4 is 0 Å². The fourth-order valence-corrected chi connectivity index (χ4v) is 7.79. The van der Waals surface area contributed by atoms with Gasteiger partial charge in [-0.25, -0.2) is 9.13 Å². The Morgan fingerprint density at radius 1 is 0.578 bits per heavy atom. The van der Waals surface area contributed by atoms with E-state index < -0.39 is 89.6 Å². The highest BCUT2D eigenvalue weighted by Gasteiger charge is 2.54. The van der Waals surface area contributed by atoms with Crippen LogP contribution in [0.25, 0.3) is 0 Å². The molecule has 0 amide bonds. The molecule has 0 heterocycles. The second-order valence-corrected chi connectivity index (χ2v) is 18.2. The number of phosphoric ester groups is 2. The molecule has 17 nitrogen and oxygen atoms in total. The summed E-state index contributed by atoms with van der Waals surface area (Å²) in [5.74, 6) is -1.36. The van der Waals surface area contributed by atoms with Gasteiger partial charge in [0.1, 0.15) is 43.2 Å². The van der Waals surface area contributed by atoms with Crippen molar-refractivity contribution in [3.8, 4) is 0 Å². The second-order valence-electron chi connectivity index (χ2n) is 15.6. The van der Waals surface area contributed by atoms with Gasteiger partial charge in [0.15, 0.2) is 6.10 Å². The summed E-state index contributed by atoms with van der Waals surface area (Å²) in [5.41, 5.74) is 0. The fraction of sp³-hybridized carbons (Fsp3) is 0.689. The maximum atomic E-state index is 13.0. The van der Waals surface area contributed by atoms with Gasteiger partial charge in [0.2, 0.25) is 0 Å². The van der Waals surface area contributed by atoms with Gasteiger partial charge in [0.25, 0.3) is 0 Å². The third-order valence-corrected chi connectivity index (χ3v) is 11.3. The van der Waals surface area contributed by atoms with Crippen LogP contribution in [0.1, 0.15) is 136 Å². The van der Waals surface area contributed by atoms with E-state index in [9.17, 15) is 49.1 Å². The summed E-state index contributed by atoms with van der Waals surface area (Å²) in [6.07, 6.45) is 23.2. The van der Waals surface area contributed by atoms with Crippen molar-refractivity contribution < 1.29 is 82.0 Å². The monoisotopic (exact) mass is 950 g/mol. The van der Waals surface area contributed by atoms with Crippen LogP contribution in [0.15, 0.2) is 72.9 Å². The van der Waals surface area contributed by atoms with Crippen LogP contribution >= 0.6 is 15.6 Å². The van der Waals surface area contributed by atoms with E-state index >= 15 is 0 Å². The topological polar surface area (TPSA) is 276 Å². The number of carbonyl (C=O) groups excluding carboxylic acids is 2. The van der Waals surface area contributed by atoms with E-state index in [1.54, 1.807) is 18.2 Å². The van der Waals surface area contributed by atoms with Crippen LogP contribution in [-0.4, -0.2) is 114 Å². The average molecular weight is 951 g/mol. The number of aliphatic hydroxyl groups is 5. The highest BCUT2D eigenvalue weighted by molar-refractivity contribution is 7.47. The van der Waals surface area contributed by atoms with E-state index in [-0.39, 0.29) is 12.8 Å². The predicted octanol–water partition coefficient (Wildman–Crippen LogP) is 7.03. The summed E-state index contributed by atoms with van der Waals surface area (Å²) in [5, 5.41) is 51.3. The molecule has 0 aromatic carbocycles. The molecule has 1 fully saturated rings. The first-order chi connectivity index (χ1) is 30.5. The second kappa shape index (κ2) is 35.6. The zero-order valence-electron chi connectivity index (χ0n) is 37.5. The average Bonchev–Trinajstić information content (AvgIpc) is 3.24. The molecule has 0 spiro atoms. The fourth-order valence-electron chi connectivity index (χ4n) is 6.25. The summed E-state index contributed by atoms with van der Waals surface area (Å²) >= 11 is 0. The third kappa shape index (κ3) is 29.8. The lowest BCUT2D eigenvalue weighted by atomic mass is 9.85. The minimum Gasteiger partial charge on any atom is -0.462 e. The van der Waals surface area contributed by atoms with Gasteiger partial charge in [-0.15, -0.1) is 0 Å². The number of carbonyl (C=O) groups is 2. The molecule has 1 aliphatic carbocycles. The van der Waals surface area contributed by atoms with Gasteiger partial charge in [-0.3, -0.25) is 23.2 Å². The van der Waals surface area contributed by atoms with Gasteiger partial charge in [-0.05, 0) is 70.6 Å². The predicted molar refractivity (Wildman–Crippen MR) is 242 cm³/mol. The molecular weight excluding hydrogens is 874 g/mol. The van der Waals surface area contributed by atoms with Crippen LogP contribution in [0.5, 0.6) is 0 Å². The Labute approximate surface area is 379 Å². The summed E-state index contributed by atoms with van der Waals surface area (Å²) < 4.78 is 49.1. The molecule has 0 radical (unpaired) electrons. The van der Waals surface area contributed by atoms with Crippen molar-refractivity contribution in [3.63, 3.8) is 0 Å². The van der Waals surface area contributed by atoms with Crippen molar-refractivity contribution in [2.45, 2.75) is 185 Å². The van der Waals surface area contributed by atoms with Gasteiger partial charge < -0.3 is 49.7 Å². The lowest BCUT2D eigenvalue weighted by molar-refractivity contribution is -0.216. The van der Waals surface area contributed by atoms with Crippen molar-refractivity contribution in [1.29, 1.82) is 0 Å². The van der Waals surface area contributed by atoms with Crippen molar-refractivity contribution in [2.24, 2.45) is 0 Å². The van der Waals surface area contributed by atoms with Crippen molar-refractivity contribution in [3.05, 3.63) is 72.9 Å². The molecule has 0 aromatic rings. The van der Waals surface area contributed by atoms with E-state index in [1.807, 2.05) is 18.2 Å². The lowest BCUT2D eigenvalue weighted by Gasteiger charge is -2.43. The molecule has 0 aliphatic heterocycles. The Bertz CT molecular complexity index is 1540. The van der Waals surface area contributed by atoms with E-state index in [1.165, 1.54) is 19.3 Å². The zero-order valence-corrected chi connectivity index (χ0v) is 39.3. The van der Waals surface area contributed by atoms with Gasteiger partial charge in [-0.1, -0.05) is 125 Å². The minimum absolute atomic E-state index is 0.00523. The molecule has 64 heavy (non-hydrogen) atoms. The number of aliphatic hydroxyl groups excluding tert-OH is 5. The van der Waals surface area contributed by atoms with E-state index in [4.69, 9.17) is 28.3 Å². The molecule has 0 saturated heterocycles. The van der Waals surface area contributed by atoms with E-state index in [2.05, 4.69) is 54.8 Å². The maximum Gasteiger partial charge on any atom is 0.472 e. The Morgan fingerprint density at radius 3 is 1.78 bits per heavy atom. The SMILES string of the molecule is CCC/C=C\C/C=C\CCCCCCCC(=O)O[C@H](COC(=O)CCC/C=C/C=C\C(O)C/C=C\C/C=C\CCCCC)COP(=O)(O)O[C@H]1C(O)C(O)C(O)[C@@H](OP(=O)(O)O)C1O. The largest absolute Gasteiger partial charge is 0.472 e. The number of unbranched alkanes of at least 4 members (excludes halogenated alkanes) is 10. The third-order valence-electron chi connectivity index (χ3n) is 9.81. The first-order valence-electron chi connectivity index (χ1n) is 22.6. The summed E-state index contributed by atoms with van der Waals surface area (Å²) in [6.45, 7) is 2.85. The molecule has 1 rings (SSSR count). The molecule has 1 aliphatic rings. The van der Waals surface area contributed by atoms with Crippen LogP contribution in [-0.2, 0) is 41.8 Å². The van der Waals surface area contributed by atoms with Crippen molar-refractivity contribution >= 4 is 27.6 Å². The number of ether oxygens (including phenoxy) is 2. The summed E-state index contributed by atoms with van der Waals surface area (Å²) in [7, 11) is -10.7. The number of hydrogen-bond donors (Lipinski definition) is 8. The zero-order chi connectivity index (χ0) is 47.6. The lowest BCUT2D eigenvalue weighted by Crippen LogP contribution is -2.64. The van der Waals surface area contributed by atoms with Crippen molar-refractivity contribution in [2.75, 3.05) is 13.2 Å². The van der Waals surface area contributed by atoms with Gasteiger partial charge in [0.05, 0.1) is 12.7 Å². The standard InChI is InChI=1S/C45H76O17P2/c1-3-5-7-9-11-13-14-15-16-18-20-24-29-33-39(48)60-37(35-59-64(56,57)62-45-42(51)40(49)41(50)44(43(45)52)61-63(53,54)55)34-58-38(47)32-28-25-21-23-27-31-36(46)30-26-22-19-17-12-10-8-6-4-2/h7,9,12-14,17,21-23,26-27,31,36-37,40-46,49-52H,3-6,8,10-11,15-16,18-20,24-25,28-30,32-35H2,1-2H3,(H,56,57)(H2,53,54,55)/b9-7-,14-13-,17-12-,23-21+,26-22-,31-27-/t36?,37-,40?,41?,42?,43?,44-,45+/m1/s1. The van der Waals surface area contributed by atoms with Gasteiger partial charge in [-0.2, -0.15) is 0 Å². The van der Waals surface area contributed by atoms with E-state index in [0.717, 1.165) is 64.2 Å². The first kappa shape index (κ1) is 59.4. The maximum absolute atomic E-state index is 13.0. The van der Waals surface area contributed by atoms with Crippen LogP contribution in [0, 0.1) is 0 Å². The quantitative estimate of drug-likeness (QED) is 0.0103. The van der Waals surface area contributed by atoms with Crippen LogP contribution in [0.2, 0.25) is 0 Å². The molecule has 19 heteroatoms. The Morgan fingerprint density at radius 2 is 1.14 bits per heavy atom. The molecular formula is C45H76O17P2. The van der Waals surface area contributed by atoms with Crippen molar-refractivity contribution in [1.82, 2.24) is 0 Å². The minimum atomic E-state index is -5.38. The molecule has 0 aromatic heterocycles. The smallest absolute Gasteiger partial charge is 0.462 e. The molecule has 6 unspecified atom stereocenters. The van der Waals surface area contributed by atoms with Crippen LogP contribution in [0.4, 0.5) is 0 Å². The summed E-state index contributed by atoms with van der Waals surface area (Å²) in [6, 6.07) is 0. The number of phosphoric acid groups is 2. The Balaban J connectivity index is 2.70. The molecule has 1 saturated carbocycles. The molecule has 0 bridgehead atoms. The van der Waals surface area contributed by atoms with Crippen LogP contribution in [0.3, 0.4) is 0 Å². The first-order valence-corrected chi connectivity index (χ1v) is 25.6. The van der Waals surface area contributed by atoms with Gasteiger partial charge >= 0.3 is 27.6 Å². The number of esters is 2. The highest BCUT2D eigenvalue weighted by atomic mass is 31.2. The molecule has 9 atom stereocenters. The molecule has 368 valence electrons. The number of allylic oxidation sites excluding steroid dienone is 10. The Hall–Kier alpha value is -2.60. The number of hydrogen-bond acceptors (Lipinski definition) is 14. The normalized spacial score (nSPS) is 23.0. The van der Waals surface area contributed by atoms with Gasteiger partial charge in [0, 0.05) is 12.8 Å². The summed E-state index contributed by atoms with van der Waals surface area (Å²) in [4.78, 5) is 54.1. The Kier molecular flexibility index (Phi) is 33.0. The highest BCUT2D eigenvalue weighted by Crippen LogP contribution is 2.49. The molecule has 8 N–H and O–H groups in total. The van der Waals surface area contributed by atoms with E-state index in [0.29, 0.717) is 25.7 Å².